The molecule has 0 radical (unpaired) electrons. The van der Waals surface area contributed by atoms with E-state index in [4.69, 9.17) is 4.74 Å². The number of nitrogens with zero attached hydrogens (tertiary/aromatic N) is 3. The highest BCUT2D eigenvalue weighted by Crippen LogP contribution is 2.26. The van der Waals surface area contributed by atoms with Crippen molar-refractivity contribution in [2.75, 3.05) is 12.4 Å². The lowest BCUT2D eigenvalue weighted by Gasteiger charge is -2.09. The van der Waals surface area contributed by atoms with Gasteiger partial charge in [0.1, 0.15) is 5.82 Å². The molecule has 0 saturated carbocycles. The topological polar surface area (TPSA) is 69.0 Å². The number of hydrogen-bond acceptors (Lipinski definition) is 4. The Morgan fingerprint density at radius 3 is 2.73 bits per heavy atom. The lowest BCUT2D eigenvalue weighted by molar-refractivity contribution is 0.102. The number of pyridine rings is 1. The molecule has 3 rings (SSSR count). The Kier molecular flexibility index (Phi) is 4.97. The summed E-state index contributed by atoms with van der Waals surface area (Å²) in [5.74, 6) is -0.453. The van der Waals surface area contributed by atoms with Crippen LogP contribution in [0.15, 0.2) is 42.7 Å². The van der Waals surface area contributed by atoms with Crippen LogP contribution in [0.25, 0.3) is 11.1 Å². The number of hydrogen-bond donors (Lipinski definition) is 1. The fourth-order valence-electron chi connectivity index (χ4n) is 2.78. The van der Waals surface area contributed by atoms with Crippen LogP contribution in [-0.4, -0.2) is 27.8 Å². The Balaban J connectivity index is 1.90. The van der Waals surface area contributed by atoms with Gasteiger partial charge in [0.2, 0.25) is 5.88 Å². The minimum atomic E-state index is -0.480. The standard InChI is InChI=1S/C19H19FN4O2/c1-4-17-16(11-22-24(17)2)12-7-13(9-14(20)8-12)19(25)23-15-5-6-18(26-3)21-10-15/h5-11H,4H2,1-3H3,(H,23,25). The molecule has 0 aliphatic heterocycles. The average molecular weight is 354 g/mol. The fraction of sp³-hybridized carbons (Fsp3) is 0.211. The molecule has 2 aromatic heterocycles. The van der Waals surface area contributed by atoms with E-state index < -0.39 is 11.7 Å². The van der Waals surface area contributed by atoms with E-state index in [0.29, 0.717) is 17.1 Å². The van der Waals surface area contributed by atoms with Gasteiger partial charge in [-0.05, 0) is 36.2 Å². The van der Waals surface area contributed by atoms with Gasteiger partial charge in [0.15, 0.2) is 0 Å². The van der Waals surface area contributed by atoms with Crippen molar-refractivity contribution in [1.82, 2.24) is 14.8 Å². The Morgan fingerprint density at radius 2 is 2.08 bits per heavy atom. The average Bonchev–Trinajstić information content (AvgIpc) is 3.02. The molecule has 0 bridgehead atoms. The first-order valence-electron chi connectivity index (χ1n) is 8.15. The number of aryl methyl sites for hydroxylation is 1. The predicted octanol–water partition coefficient (Wildman–Crippen LogP) is 3.44. The van der Waals surface area contributed by atoms with Crippen LogP contribution in [0.2, 0.25) is 0 Å². The van der Waals surface area contributed by atoms with Gasteiger partial charge in [-0.1, -0.05) is 6.92 Å². The van der Waals surface area contributed by atoms with E-state index >= 15 is 0 Å². The minimum Gasteiger partial charge on any atom is -0.481 e. The number of aromatic nitrogens is 3. The van der Waals surface area contributed by atoms with Crippen LogP contribution in [0.1, 0.15) is 23.0 Å². The van der Waals surface area contributed by atoms with E-state index in [2.05, 4.69) is 15.4 Å². The molecule has 3 aromatic rings. The van der Waals surface area contributed by atoms with E-state index in [-0.39, 0.29) is 5.56 Å². The smallest absolute Gasteiger partial charge is 0.255 e. The normalized spacial score (nSPS) is 10.6. The third-order valence-electron chi connectivity index (χ3n) is 4.07. The second kappa shape index (κ2) is 7.35. The molecule has 0 saturated heterocycles. The molecule has 26 heavy (non-hydrogen) atoms. The molecule has 1 aromatic carbocycles. The Morgan fingerprint density at radius 1 is 1.27 bits per heavy atom. The number of benzene rings is 1. The molecule has 0 aliphatic rings. The van der Waals surface area contributed by atoms with Crippen LogP contribution in [-0.2, 0) is 13.5 Å². The summed E-state index contributed by atoms with van der Waals surface area (Å²) in [6, 6.07) is 7.57. The summed E-state index contributed by atoms with van der Waals surface area (Å²) in [6.45, 7) is 2.00. The minimum absolute atomic E-state index is 0.224. The molecule has 134 valence electrons. The second-order valence-electron chi connectivity index (χ2n) is 5.75. The number of rotatable bonds is 5. The monoisotopic (exact) mass is 354 g/mol. The van der Waals surface area contributed by atoms with Gasteiger partial charge in [0.05, 0.1) is 25.2 Å². The van der Waals surface area contributed by atoms with Gasteiger partial charge < -0.3 is 10.1 Å². The predicted molar refractivity (Wildman–Crippen MR) is 96.7 cm³/mol. The first kappa shape index (κ1) is 17.6. The number of carbonyl (C=O) groups excluding carboxylic acids is 1. The summed E-state index contributed by atoms with van der Waals surface area (Å²) < 4.78 is 20.9. The number of amides is 1. The van der Waals surface area contributed by atoms with E-state index in [1.807, 2.05) is 14.0 Å². The number of anilines is 1. The summed E-state index contributed by atoms with van der Waals surface area (Å²) in [5.41, 5.74) is 3.13. The third-order valence-corrected chi connectivity index (χ3v) is 4.07. The van der Waals surface area contributed by atoms with Crippen LogP contribution in [0, 0.1) is 5.82 Å². The number of carbonyl (C=O) groups is 1. The number of halogens is 1. The van der Waals surface area contributed by atoms with Gasteiger partial charge in [-0.3, -0.25) is 9.48 Å². The van der Waals surface area contributed by atoms with Crippen molar-refractivity contribution in [3.05, 3.63) is 59.8 Å². The van der Waals surface area contributed by atoms with Gasteiger partial charge in [-0.15, -0.1) is 0 Å². The molecule has 0 atom stereocenters. The summed E-state index contributed by atoms with van der Waals surface area (Å²) in [4.78, 5) is 16.5. The molecule has 0 aliphatic carbocycles. The van der Waals surface area contributed by atoms with Gasteiger partial charge in [0.25, 0.3) is 5.91 Å². The highest BCUT2D eigenvalue weighted by molar-refractivity contribution is 6.04. The van der Waals surface area contributed by atoms with Gasteiger partial charge in [-0.25, -0.2) is 9.37 Å². The largest absolute Gasteiger partial charge is 0.481 e. The zero-order valence-electron chi connectivity index (χ0n) is 14.8. The van der Waals surface area contributed by atoms with Crippen LogP contribution in [0.3, 0.4) is 0 Å². The van der Waals surface area contributed by atoms with Crippen molar-refractivity contribution in [3.8, 4) is 17.0 Å². The SMILES string of the molecule is CCc1c(-c2cc(F)cc(C(=O)Nc3ccc(OC)nc3)c2)cnn1C. The molecule has 2 heterocycles. The highest BCUT2D eigenvalue weighted by Gasteiger charge is 2.14. The molecule has 7 heteroatoms. The van der Waals surface area contributed by atoms with Crippen molar-refractivity contribution < 1.29 is 13.9 Å². The summed E-state index contributed by atoms with van der Waals surface area (Å²) in [6.07, 6.45) is 3.91. The van der Waals surface area contributed by atoms with Crippen molar-refractivity contribution in [1.29, 1.82) is 0 Å². The van der Waals surface area contributed by atoms with E-state index in [1.165, 1.54) is 25.4 Å². The molecular weight excluding hydrogens is 335 g/mol. The second-order valence-corrected chi connectivity index (χ2v) is 5.75. The van der Waals surface area contributed by atoms with E-state index in [1.54, 1.807) is 29.1 Å². The fourth-order valence-corrected chi connectivity index (χ4v) is 2.78. The zero-order valence-corrected chi connectivity index (χ0v) is 14.8. The van der Waals surface area contributed by atoms with Crippen molar-refractivity contribution >= 4 is 11.6 Å². The summed E-state index contributed by atoms with van der Waals surface area (Å²) in [7, 11) is 3.35. The molecule has 1 N–H and O–H groups in total. The lowest BCUT2D eigenvalue weighted by Crippen LogP contribution is -2.12. The lowest BCUT2D eigenvalue weighted by atomic mass is 10.0. The molecule has 1 amide bonds. The third kappa shape index (κ3) is 3.56. The number of nitrogens with one attached hydrogen (secondary N) is 1. The summed E-state index contributed by atoms with van der Waals surface area (Å²) >= 11 is 0. The van der Waals surface area contributed by atoms with Crippen LogP contribution in [0.4, 0.5) is 10.1 Å². The number of methoxy groups -OCH3 is 1. The molecular formula is C19H19FN4O2. The first-order chi connectivity index (χ1) is 12.5. The van der Waals surface area contributed by atoms with Gasteiger partial charge in [-0.2, -0.15) is 5.10 Å². The van der Waals surface area contributed by atoms with Gasteiger partial charge >= 0.3 is 0 Å². The quantitative estimate of drug-likeness (QED) is 0.762. The Hall–Kier alpha value is -3.22. The Labute approximate surface area is 150 Å². The highest BCUT2D eigenvalue weighted by atomic mass is 19.1. The van der Waals surface area contributed by atoms with Gasteiger partial charge in [0, 0.05) is 29.9 Å². The molecule has 0 spiro atoms. The van der Waals surface area contributed by atoms with Crippen molar-refractivity contribution in [2.24, 2.45) is 7.05 Å². The van der Waals surface area contributed by atoms with Crippen molar-refractivity contribution in [3.63, 3.8) is 0 Å². The Bertz CT molecular complexity index is 935. The molecule has 0 unspecified atom stereocenters. The van der Waals surface area contributed by atoms with Crippen molar-refractivity contribution in [2.45, 2.75) is 13.3 Å². The van der Waals surface area contributed by atoms with Crippen LogP contribution in [0.5, 0.6) is 5.88 Å². The maximum absolute atomic E-state index is 14.1. The van der Waals surface area contributed by atoms with Crippen LogP contribution >= 0.6 is 0 Å². The molecule has 0 fully saturated rings. The maximum Gasteiger partial charge on any atom is 0.255 e. The first-order valence-corrected chi connectivity index (χ1v) is 8.15. The van der Waals surface area contributed by atoms with E-state index in [0.717, 1.165) is 17.7 Å². The zero-order chi connectivity index (χ0) is 18.7. The maximum atomic E-state index is 14.1. The molecule has 6 nitrogen and oxygen atoms in total. The summed E-state index contributed by atoms with van der Waals surface area (Å²) in [5, 5.41) is 6.93. The van der Waals surface area contributed by atoms with Crippen LogP contribution < -0.4 is 10.1 Å². The number of ether oxygens (including phenoxy) is 1. The van der Waals surface area contributed by atoms with E-state index in [9.17, 15) is 9.18 Å².